The average molecular weight is 213 g/mol. The summed E-state index contributed by atoms with van der Waals surface area (Å²) in [6.45, 7) is 0. The molecule has 2 rings (SSSR count). The maximum absolute atomic E-state index is 7.28. The lowest BCUT2D eigenvalue weighted by Gasteiger charge is -2.08. The van der Waals surface area contributed by atoms with Crippen molar-refractivity contribution in [3.8, 4) is 0 Å². The Labute approximate surface area is 92.9 Å². The molecule has 0 aliphatic carbocycles. The van der Waals surface area contributed by atoms with Gasteiger partial charge in [-0.3, -0.25) is 0 Å². The third-order valence-corrected chi connectivity index (χ3v) is 2.08. The maximum atomic E-state index is 7.28. The molecule has 0 bridgehead atoms. The summed E-state index contributed by atoms with van der Waals surface area (Å²) in [5.74, 6) is 0.670. The van der Waals surface area contributed by atoms with E-state index in [2.05, 4.69) is 15.3 Å². The molecule has 0 spiro atoms. The van der Waals surface area contributed by atoms with Crippen LogP contribution in [-0.2, 0) is 0 Å². The van der Waals surface area contributed by atoms with Crippen molar-refractivity contribution < 1.29 is 0 Å². The fourth-order valence-electron chi connectivity index (χ4n) is 1.31. The van der Waals surface area contributed by atoms with Gasteiger partial charge in [0.05, 0.1) is 5.69 Å². The summed E-state index contributed by atoms with van der Waals surface area (Å²) in [6, 6.07) is 7.05. The number of hydrogen-bond donors (Lipinski definition) is 3. The quantitative estimate of drug-likeness (QED) is 0.536. The first kappa shape index (κ1) is 10.1. The Hall–Kier alpha value is -2.43. The molecule has 2 aromatic rings. The molecule has 0 aliphatic rings. The van der Waals surface area contributed by atoms with Crippen LogP contribution in [-0.4, -0.2) is 16.2 Å². The highest BCUT2D eigenvalue weighted by molar-refractivity contribution is 5.88. The van der Waals surface area contributed by atoms with Gasteiger partial charge in [-0.15, -0.1) is 0 Å². The van der Waals surface area contributed by atoms with E-state index in [4.69, 9.17) is 11.1 Å². The lowest BCUT2D eigenvalue weighted by molar-refractivity contribution is 1.17. The zero-order valence-electron chi connectivity index (χ0n) is 8.51. The van der Waals surface area contributed by atoms with E-state index in [1.165, 1.54) is 12.5 Å². The van der Waals surface area contributed by atoms with Gasteiger partial charge in [-0.25, -0.2) is 9.97 Å². The van der Waals surface area contributed by atoms with Crippen LogP contribution in [0.2, 0.25) is 0 Å². The third-order valence-electron chi connectivity index (χ3n) is 2.08. The molecule has 0 saturated heterocycles. The molecular weight excluding hydrogens is 202 g/mol. The van der Waals surface area contributed by atoms with Crippen LogP contribution < -0.4 is 11.1 Å². The van der Waals surface area contributed by atoms with Crippen molar-refractivity contribution in [3.05, 3.63) is 42.4 Å². The zero-order valence-corrected chi connectivity index (χ0v) is 8.51. The first-order valence-corrected chi connectivity index (χ1v) is 4.72. The molecule has 0 atom stereocenters. The summed E-state index contributed by atoms with van der Waals surface area (Å²) in [6.07, 6.45) is 4.37. The summed E-state index contributed by atoms with van der Waals surface area (Å²) in [5.41, 5.74) is 7.84. The van der Waals surface area contributed by atoms with E-state index in [0.29, 0.717) is 11.5 Å². The molecule has 1 heterocycles. The SMILES string of the molecule is N=Cc1ccc(N)cc1Nc1ccncn1. The van der Waals surface area contributed by atoms with E-state index in [0.717, 1.165) is 11.3 Å². The second kappa shape index (κ2) is 4.39. The van der Waals surface area contributed by atoms with Gasteiger partial charge in [-0.1, -0.05) is 0 Å². The van der Waals surface area contributed by atoms with Crippen molar-refractivity contribution in [2.75, 3.05) is 11.1 Å². The lowest BCUT2D eigenvalue weighted by Crippen LogP contribution is -1.98. The lowest BCUT2D eigenvalue weighted by atomic mass is 10.1. The molecule has 5 nitrogen and oxygen atoms in total. The van der Waals surface area contributed by atoms with Gasteiger partial charge in [0.2, 0.25) is 0 Å². The van der Waals surface area contributed by atoms with Crippen molar-refractivity contribution >= 4 is 23.4 Å². The number of benzene rings is 1. The number of anilines is 3. The standard InChI is InChI=1S/C11H11N5/c12-6-8-1-2-9(13)5-10(8)16-11-3-4-14-7-15-11/h1-7,12H,13H2,(H,14,15,16). The minimum absolute atomic E-state index is 0.641. The number of nitrogens with zero attached hydrogens (tertiary/aromatic N) is 2. The Bertz CT molecular complexity index is 495. The van der Waals surface area contributed by atoms with E-state index in [1.54, 1.807) is 30.5 Å². The molecular formula is C11H11N5. The van der Waals surface area contributed by atoms with Crippen molar-refractivity contribution in [3.63, 3.8) is 0 Å². The van der Waals surface area contributed by atoms with Crippen molar-refractivity contribution in [1.82, 2.24) is 9.97 Å². The van der Waals surface area contributed by atoms with E-state index in [1.807, 2.05) is 0 Å². The zero-order chi connectivity index (χ0) is 11.4. The number of rotatable bonds is 3. The predicted octanol–water partition coefficient (Wildman–Crippen LogP) is 1.80. The Morgan fingerprint density at radius 1 is 1.31 bits per heavy atom. The van der Waals surface area contributed by atoms with Crippen LogP contribution in [0.4, 0.5) is 17.2 Å². The van der Waals surface area contributed by atoms with E-state index in [9.17, 15) is 0 Å². The van der Waals surface area contributed by atoms with Crippen LogP contribution >= 0.6 is 0 Å². The van der Waals surface area contributed by atoms with E-state index >= 15 is 0 Å². The molecule has 16 heavy (non-hydrogen) atoms. The van der Waals surface area contributed by atoms with Crippen LogP contribution in [0.1, 0.15) is 5.56 Å². The van der Waals surface area contributed by atoms with Gasteiger partial charge in [0.25, 0.3) is 0 Å². The molecule has 0 saturated carbocycles. The Balaban J connectivity index is 2.33. The van der Waals surface area contributed by atoms with Gasteiger partial charge >= 0.3 is 0 Å². The second-order valence-corrected chi connectivity index (χ2v) is 3.21. The summed E-state index contributed by atoms with van der Waals surface area (Å²) >= 11 is 0. The Morgan fingerprint density at radius 2 is 2.19 bits per heavy atom. The van der Waals surface area contributed by atoms with Crippen LogP contribution in [0.15, 0.2) is 36.8 Å². The predicted molar refractivity (Wildman–Crippen MR) is 64.1 cm³/mol. The maximum Gasteiger partial charge on any atom is 0.133 e. The largest absolute Gasteiger partial charge is 0.399 e. The van der Waals surface area contributed by atoms with Crippen LogP contribution in [0, 0.1) is 5.41 Å². The molecule has 0 fully saturated rings. The van der Waals surface area contributed by atoms with Crippen molar-refractivity contribution in [2.24, 2.45) is 0 Å². The summed E-state index contributed by atoms with van der Waals surface area (Å²) in [4.78, 5) is 7.87. The smallest absolute Gasteiger partial charge is 0.133 e. The Morgan fingerprint density at radius 3 is 2.88 bits per heavy atom. The monoisotopic (exact) mass is 213 g/mol. The molecule has 4 N–H and O–H groups in total. The summed E-state index contributed by atoms with van der Waals surface area (Å²) in [5, 5.41) is 10.4. The van der Waals surface area contributed by atoms with Gasteiger partial charge in [0.15, 0.2) is 0 Å². The summed E-state index contributed by atoms with van der Waals surface area (Å²) < 4.78 is 0. The average Bonchev–Trinajstić information content (AvgIpc) is 2.31. The number of aromatic nitrogens is 2. The molecule has 5 heteroatoms. The molecule has 0 unspecified atom stereocenters. The van der Waals surface area contributed by atoms with Crippen LogP contribution in [0.25, 0.3) is 0 Å². The van der Waals surface area contributed by atoms with Crippen molar-refractivity contribution in [1.29, 1.82) is 5.41 Å². The van der Waals surface area contributed by atoms with E-state index in [-0.39, 0.29) is 0 Å². The number of nitrogens with one attached hydrogen (secondary N) is 2. The third kappa shape index (κ3) is 2.14. The van der Waals surface area contributed by atoms with Gasteiger partial charge < -0.3 is 16.5 Å². The first-order valence-electron chi connectivity index (χ1n) is 4.72. The minimum atomic E-state index is 0.641. The molecule has 1 aromatic carbocycles. The highest BCUT2D eigenvalue weighted by Gasteiger charge is 2.01. The fraction of sp³-hybridized carbons (Fsp3) is 0. The molecule has 80 valence electrons. The normalized spacial score (nSPS) is 9.75. The topological polar surface area (TPSA) is 87.7 Å². The van der Waals surface area contributed by atoms with Gasteiger partial charge in [-0.05, 0) is 24.3 Å². The number of nitrogens with two attached hydrogens (primary N) is 1. The summed E-state index contributed by atoms with van der Waals surface area (Å²) in [7, 11) is 0. The van der Waals surface area contributed by atoms with Gasteiger partial charge in [-0.2, -0.15) is 0 Å². The second-order valence-electron chi connectivity index (χ2n) is 3.21. The number of hydrogen-bond acceptors (Lipinski definition) is 5. The molecule has 0 aliphatic heterocycles. The van der Waals surface area contributed by atoms with E-state index < -0.39 is 0 Å². The van der Waals surface area contributed by atoms with Crippen molar-refractivity contribution in [2.45, 2.75) is 0 Å². The molecule has 0 radical (unpaired) electrons. The first-order chi connectivity index (χ1) is 7.79. The van der Waals surface area contributed by atoms with Crippen LogP contribution in [0.5, 0.6) is 0 Å². The Kier molecular flexibility index (Phi) is 2.77. The fourth-order valence-corrected chi connectivity index (χ4v) is 1.31. The molecule has 1 aromatic heterocycles. The van der Waals surface area contributed by atoms with Gasteiger partial charge in [0, 0.05) is 23.7 Å². The van der Waals surface area contributed by atoms with Crippen LogP contribution in [0.3, 0.4) is 0 Å². The molecule has 0 amide bonds. The highest BCUT2D eigenvalue weighted by atomic mass is 15.0. The highest BCUT2D eigenvalue weighted by Crippen LogP contribution is 2.20. The van der Waals surface area contributed by atoms with Gasteiger partial charge in [0.1, 0.15) is 12.1 Å². The minimum Gasteiger partial charge on any atom is -0.399 e. The number of nitrogen functional groups attached to an aromatic ring is 1.